The number of hydrogen-bond donors (Lipinski definition) is 0. The molecular formula is C19H15NO2. The van der Waals surface area contributed by atoms with Crippen LogP contribution in [0.2, 0.25) is 0 Å². The minimum Gasteiger partial charge on any atom is -0.497 e. The van der Waals surface area contributed by atoms with Gasteiger partial charge in [0.1, 0.15) is 18.1 Å². The first-order chi connectivity index (χ1) is 10.8. The monoisotopic (exact) mass is 289 g/mol. The Morgan fingerprint density at radius 3 is 2.45 bits per heavy atom. The summed E-state index contributed by atoms with van der Waals surface area (Å²) in [5, 5.41) is 11.1. The molecule has 0 atom stereocenters. The van der Waals surface area contributed by atoms with Gasteiger partial charge in [0.15, 0.2) is 0 Å². The van der Waals surface area contributed by atoms with E-state index in [1.165, 1.54) is 0 Å². The third-order valence-corrected chi connectivity index (χ3v) is 3.48. The van der Waals surface area contributed by atoms with Crippen LogP contribution in [0.25, 0.3) is 10.8 Å². The van der Waals surface area contributed by atoms with Crippen molar-refractivity contribution in [3.8, 4) is 17.6 Å². The highest BCUT2D eigenvalue weighted by Gasteiger charge is 2.01. The molecule has 0 bridgehead atoms. The van der Waals surface area contributed by atoms with Gasteiger partial charge in [0.25, 0.3) is 0 Å². The minimum absolute atomic E-state index is 0.436. The fourth-order valence-corrected chi connectivity index (χ4v) is 2.32. The Kier molecular flexibility index (Phi) is 3.93. The van der Waals surface area contributed by atoms with Crippen LogP contribution in [0.1, 0.15) is 11.1 Å². The van der Waals surface area contributed by atoms with Gasteiger partial charge in [0.2, 0.25) is 0 Å². The second-order valence-corrected chi connectivity index (χ2v) is 4.98. The molecule has 22 heavy (non-hydrogen) atoms. The maximum atomic E-state index is 8.91. The van der Waals surface area contributed by atoms with Crippen LogP contribution in [-0.2, 0) is 6.61 Å². The number of rotatable bonds is 4. The van der Waals surface area contributed by atoms with Gasteiger partial charge in [0.05, 0.1) is 18.7 Å². The standard InChI is InChI=1S/C19H15NO2/c1-21-18-7-5-16-6-8-19(11-17(16)10-18)22-13-15-4-2-3-14(9-15)12-20/h2-11H,13H2,1H3. The smallest absolute Gasteiger partial charge is 0.120 e. The molecule has 0 aliphatic heterocycles. The number of nitrogens with zero attached hydrogens (tertiary/aromatic N) is 1. The first-order valence-electron chi connectivity index (χ1n) is 6.98. The summed E-state index contributed by atoms with van der Waals surface area (Å²) >= 11 is 0. The lowest BCUT2D eigenvalue weighted by Crippen LogP contribution is -1.95. The van der Waals surface area contributed by atoms with E-state index in [0.717, 1.165) is 27.8 Å². The van der Waals surface area contributed by atoms with E-state index in [0.29, 0.717) is 12.2 Å². The predicted molar refractivity (Wildman–Crippen MR) is 86.0 cm³/mol. The first kappa shape index (κ1) is 14.0. The van der Waals surface area contributed by atoms with E-state index in [4.69, 9.17) is 14.7 Å². The highest BCUT2D eigenvalue weighted by atomic mass is 16.5. The predicted octanol–water partition coefficient (Wildman–Crippen LogP) is 4.30. The molecule has 0 radical (unpaired) electrons. The van der Waals surface area contributed by atoms with Crippen molar-refractivity contribution in [2.45, 2.75) is 6.61 Å². The van der Waals surface area contributed by atoms with Crippen molar-refractivity contribution >= 4 is 10.8 Å². The number of fused-ring (bicyclic) bond motifs is 1. The van der Waals surface area contributed by atoms with Gasteiger partial charge in [-0.05, 0) is 52.7 Å². The van der Waals surface area contributed by atoms with Gasteiger partial charge >= 0.3 is 0 Å². The SMILES string of the molecule is COc1ccc2ccc(OCc3cccc(C#N)c3)cc2c1. The van der Waals surface area contributed by atoms with Gasteiger partial charge in [-0.15, -0.1) is 0 Å². The van der Waals surface area contributed by atoms with E-state index in [2.05, 4.69) is 6.07 Å². The lowest BCUT2D eigenvalue weighted by molar-refractivity contribution is 0.306. The summed E-state index contributed by atoms with van der Waals surface area (Å²) in [5.41, 5.74) is 1.62. The number of methoxy groups -OCH3 is 1. The van der Waals surface area contributed by atoms with Crippen LogP contribution < -0.4 is 9.47 Å². The topological polar surface area (TPSA) is 42.2 Å². The minimum atomic E-state index is 0.436. The molecule has 0 fully saturated rings. The first-order valence-corrected chi connectivity index (χ1v) is 6.98. The molecule has 0 N–H and O–H groups in total. The number of nitriles is 1. The van der Waals surface area contributed by atoms with Crippen molar-refractivity contribution in [1.29, 1.82) is 5.26 Å². The zero-order valence-corrected chi connectivity index (χ0v) is 12.2. The van der Waals surface area contributed by atoms with Crippen LogP contribution in [0.3, 0.4) is 0 Å². The Morgan fingerprint density at radius 2 is 1.68 bits per heavy atom. The van der Waals surface area contributed by atoms with Crippen molar-refractivity contribution in [2.75, 3.05) is 7.11 Å². The van der Waals surface area contributed by atoms with Gasteiger partial charge in [-0.25, -0.2) is 0 Å². The van der Waals surface area contributed by atoms with E-state index in [1.54, 1.807) is 13.2 Å². The van der Waals surface area contributed by atoms with Gasteiger partial charge in [-0.3, -0.25) is 0 Å². The Bertz CT molecular complexity index is 849. The molecule has 3 aromatic rings. The largest absolute Gasteiger partial charge is 0.497 e. The summed E-state index contributed by atoms with van der Waals surface area (Å²) in [6.45, 7) is 0.436. The Hall–Kier alpha value is -2.99. The van der Waals surface area contributed by atoms with E-state index in [1.807, 2.05) is 54.6 Å². The fraction of sp³-hybridized carbons (Fsp3) is 0.105. The van der Waals surface area contributed by atoms with Crippen LogP contribution >= 0.6 is 0 Å². The van der Waals surface area contributed by atoms with Crippen LogP contribution in [0.4, 0.5) is 0 Å². The maximum absolute atomic E-state index is 8.91. The van der Waals surface area contributed by atoms with Crippen LogP contribution in [0.5, 0.6) is 11.5 Å². The number of hydrogen-bond acceptors (Lipinski definition) is 3. The van der Waals surface area contributed by atoms with Crippen LogP contribution in [0.15, 0.2) is 60.7 Å². The summed E-state index contributed by atoms with van der Waals surface area (Å²) in [7, 11) is 1.66. The molecule has 0 aliphatic rings. The zero-order chi connectivity index (χ0) is 15.4. The normalized spacial score (nSPS) is 10.2. The van der Waals surface area contributed by atoms with E-state index in [-0.39, 0.29) is 0 Å². The van der Waals surface area contributed by atoms with Crippen LogP contribution in [-0.4, -0.2) is 7.11 Å². The molecule has 0 saturated heterocycles. The van der Waals surface area contributed by atoms with Gasteiger partial charge < -0.3 is 9.47 Å². The zero-order valence-electron chi connectivity index (χ0n) is 12.2. The van der Waals surface area contributed by atoms with Crippen molar-refractivity contribution in [3.63, 3.8) is 0 Å². The summed E-state index contributed by atoms with van der Waals surface area (Å²) in [6.07, 6.45) is 0. The third kappa shape index (κ3) is 3.02. The Labute approximate surface area is 129 Å². The lowest BCUT2D eigenvalue weighted by Gasteiger charge is -2.08. The quantitative estimate of drug-likeness (QED) is 0.719. The molecule has 3 nitrogen and oxygen atoms in total. The Balaban J connectivity index is 1.80. The highest BCUT2D eigenvalue weighted by molar-refractivity contribution is 5.85. The summed E-state index contributed by atoms with van der Waals surface area (Å²) in [4.78, 5) is 0. The maximum Gasteiger partial charge on any atom is 0.120 e. The van der Waals surface area contributed by atoms with Gasteiger partial charge in [-0.1, -0.05) is 24.3 Å². The van der Waals surface area contributed by atoms with Crippen LogP contribution in [0, 0.1) is 11.3 Å². The van der Waals surface area contributed by atoms with Gasteiger partial charge in [-0.2, -0.15) is 5.26 Å². The second kappa shape index (κ2) is 6.19. The fourth-order valence-electron chi connectivity index (χ4n) is 2.32. The van der Waals surface area contributed by atoms with Crippen molar-refractivity contribution < 1.29 is 9.47 Å². The highest BCUT2D eigenvalue weighted by Crippen LogP contribution is 2.25. The second-order valence-electron chi connectivity index (χ2n) is 4.98. The third-order valence-electron chi connectivity index (χ3n) is 3.48. The van der Waals surface area contributed by atoms with Crippen molar-refractivity contribution in [3.05, 3.63) is 71.8 Å². The molecule has 0 amide bonds. The molecule has 108 valence electrons. The van der Waals surface area contributed by atoms with E-state index < -0.39 is 0 Å². The summed E-state index contributed by atoms with van der Waals surface area (Å²) < 4.78 is 11.1. The molecule has 0 spiro atoms. The molecule has 3 aromatic carbocycles. The molecular weight excluding hydrogens is 274 g/mol. The van der Waals surface area contributed by atoms with Crippen molar-refractivity contribution in [1.82, 2.24) is 0 Å². The molecule has 0 saturated carbocycles. The molecule has 0 aromatic heterocycles. The number of ether oxygens (including phenoxy) is 2. The molecule has 0 unspecified atom stereocenters. The number of benzene rings is 3. The van der Waals surface area contributed by atoms with E-state index in [9.17, 15) is 0 Å². The van der Waals surface area contributed by atoms with Gasteiger partial charge in [0, 0.05) is 0 Å². The average molecular weight is 289 g/mol. The summed E-state index contributed by atoms with van der Waals surface area (Å²) in [6, 6.07) is 21.5. The molecule has 0 heterocycles. The average Bonchev–Trinajstić information content (AvgIpc) is 2.59. The van der Waals surface area contributed by atoms with E-state index >= 15 is 0 Å². The molecule has 3 heteroatoms. The Morgan fingerprint density at radius 1 is 0.909 bits per heavy atom. The molecule has 0 aliphatic carbocycles. The van der Waals surface area contributed by atoms with Crippen molar-refractivity contribution in [2.24, 2.45) is 0 Å². The lowest BCUT2D eigenvalue weighted by atomic mass is 10.1. The molecule has 3 rings (SSSR count). The summed E-state index contributed by atoms with van der Waals surface area (Å²) in [5.74, 6) is 1.62.